The molecule has 2 rings (SSSR count). The maximum Gasteiger partial charge on any atom is 0.338 e. The summed E-state index contributed by atoms with van der Waals surface area (Å²) >= 11 is 0. The highest BCUT2D eigenvalue weighted by Gasteiger charge is 2.60. The zero-order valence-corrected chi connectivity index (χ0v) is 22.7. The molecular weight excluding hydrogens is 488 g/mol. The van der Waals surface area contributed by atoms with Crippen LogP contribution in [0.4, 0.5) is 0 Å². The molecule has 0 aromatic rings. The second kappa shape index (κ2) is 13.3. The maximum atomic E-state index is 12.9. The van der Waals surface area contributed by atoms with Gasteiger partial charge in [0.2, 0.25) is 5.79 Å². The van der Waals surface area contributed by atoms with Crippen molar-refractivity contribution in [2.75, 3.05) is 20.8 Å². The van der Waals surface area contributed by atoms with Gasteiger partial charge in [0, 0.05) is 57.8 Å². The Morgan fingerprint density at radius 1 is 1.11 bits per heavy atom. The summed E-state index contributed by atoms with van der Waals surface area (Å²) in [5.74, 6) is -3.51. The molecule has 11 heteroatoms. The Hall–Kier alpha value is -1.15. The first-order valence-electron chi connectivity index (χ1n) is 12.9. The van der Waals surface area contributed by atoms with E-state index in [2.05, 4.69) is 0 Å². The van der Waals surface area contributed by atoms with Crippen LogP contribution in [0.3, 0.4) is 0 Å². The van der Waals surface area contributed by atoms with Gasteiger partial charge in [-0.15, -0.1) is 0 Å². The number of cyclic esters (lactones) is 1. The lowest BCUT2D eigenvalue weighted by atomic mass is 9.70. The predicted octanol–water partition coefficient (Wildman–Crippen LogP) is 0.0242. The third kappa shape index (κ3) is 7.09. The van der Waals surface area contributed by atoms with E-state index in [0.717, 1.165) is 0 Å². The van der Waals surface area contributed by atoms with Gasteiger partial charge in [-0.05, 0) is 18.9 Å². The van der Waals surface area contributed by atoms with Crippen molar-refractivity contribution >= 4 is 5.97 Å². The zero-order valence-electron chi connectivity index (χ0n) is 22.7. The molecule has 0 aromatic heterocycles. The molecular formula is C26H46O11. The third-order valence-corrected chi connectivity index (χ3v) is 8.08. The molecule has 2 bridgehead atoms. The SMILES string of the molecule is CC[C@H](/C=C(\C)[C@@H]1C[C@@H](OC)C[C@H](O)C(C)(C)[C@@]2(O)O[C@@H](C[C@@H](O)[C@H](O)C(=O)O1)C[C@@H](OC)[C@H]2O)CO. The van der Waals surface area contributed by atoms with Gasteiger partial charge in [0.05, 0.1) is 30.5 Å². The molecule has 0 spiro atoms. The van der Waals surface area contributed by atoms with Crippen LogP contribution in [-0.2, 0) is 23.7 Å². The van der Waals surface area contributed by atoms with Crippen LogP contribution in [0.1, 0.15) is 59.8 Å². The summed E-state index contributed by atoms with van der Waals surface area (Å²) in [4.78, 5) is 12.9. The van der Waals surface area contributed by atoms with Crippen LogP contribution >= 0.6 is 0 Å². The summed E-state index contributed by atoms with van der Waals surface area (Å²) in [6, 6.07) is 0. The number of fused-ring (bicyclic) bond motifs is 2. The molecule has 216 valence electrons. The Bertz CT molecular complexity index is 768. The topological polar surface area (TPSA) is 175 Å². The highest BCUT2D eigenvalue weighted by molar-refractivity contribution is 5.75. The van der Waals surface area contributed by atoms with Gasteiger partial charge in [-0.3, -0.25) is 0 Å². The Kier molecular flexibility index (Phi) is 11.5. The smallest absolute Gasteiger partial charge is 0.338 e. The molecule has 0 radical (unpaired) electrons. The molecule has 6 N–H and O–H groups in total. The Morgan fingerprint density at radius 2 is 1.76 bits per heavy atom. The molecule has 37 heavy (non-hydrogen) atoms. The molecule has 0 amide bonds. The van der Waals surface area contributed by atoms with E-state index in [0.29, 0.717) is 12.0 Å². The highest BCUT2D eigenvalue weighted by atomic mass is 16.7. The van der Waals surface area contributed by atoms with Gasteiger partial charge < -0.3 is 49.6 Å². The highest BCUT2D eigenvalue weighted by Crippen LogP contribution is 2.46. The summed E-state index contributed by atoms with van der Waals surface area (Å²) in [7, 11) is 2.79. The first kappa shape index (κ1) is 32.1. The van der Waals surface area contributed by atoms with Crippen molar-refractivity contribution in [2.24, 2.45) is 11.3 Å². The van der Waals surface area contributed by atoms with Crippen molar-refractivity contribution in [2.45, 2.75) is 114 Å². The van der Waals surface area contributed by atoms with Crippen molar-refractivity contribution in [1.82, 2.24) is 0 Å². The van der Waals surface area contributed by atoms with Crippen LogP contribution in [-0.4, -0.2) is 112 Å². The maximum absolute atomic E-state index is 12.9. The van der Waals surface area contributed by atoms with E-state index < -0.39 is 66.0 Å². The van der Waals surface area contributed by atoms with E-state index in [1.54, 1.807) is 26.8 Å². The van der Waals surface area contributed by atoms with E-state index in [9.17, 15) is 35.4 Å². The Labute approximate surface area is 219 Å². The van der Waals surface area contributed by atoms with Gasteiger partial charge in [0.15, 0.2) is 6.10 Å². The van der Waals surface area contributed by atoms with Crippen molar-refractivity contribution in [1.29, 1.82) is 0 Å². The lowest BCUT2D eigenvalue weighted by Gasteiger charge is -2.53. The minimum atomic E-state index is -2.28. The quantitative estimate of drug-likeness (QED) is 0.200. The third-order valence-electron chi connectivity index (χ3n) is 8.08. The van der Waals surface area contributed by atoms with Crippen molar-refractivity contribution in [3.63, 3.8) is 0 Å². The van der Waals surface area contributed by atoms with Crippen LogP contribution in [0.25, 0.3) is 0 Å². The minimum absolute atomic E-state index is 0.00603. The first-order chi connectivity index (χ1) is 17.2. The largest absolute Gasteiger partial charge is 0.456 e. The fraction of sp³-hybridized carbons (Fsp3) is 0.885. The standard InChI is InChI=1S/C26H46O11/c1-7-15(13-27)8-14(2)19-10-16(34-5)12-21(29)25(3,4)26(33)23(31)20(35-6)11-17(37-26)9-18(28)22(30)24(32)36-19/h8,15-23,27-31,33H,7,9-13H2,1-6H3/b14-8+/t15-,16-,17+,18-,19+,20-,21+,22+,23-,26+/m1/s1. The van der Waals surface area contributed by atoms with Crippen LogP contribution in [0.15, 0.2) is 11.6 Å². The monoisotopic (exact) mass is 534 g/mol. The number of hydrogen-bond donors (Lipinski definition) is 6. The van der Waals surface area contributed by atoms with Crippen LogP contribution < -0.4 is 0 Å². The molecule has 0 saturated carbocycles. The summed E-state index contributed by atoms with van der Waals surface area (Å²) in [6.07, 6.45) is -7.30. The second-order valence-corrected chi connectivity index (χ2v) is 10.9. The van der Waals surface area contributed by atoms with E-state index in [4.69, 9.17) is 18.9 Å². The molecule has 0 aliphatic carbocycles. The van der Waals surface area contributed by atoms with Gasteiger partial charge in [-0.1, -0.05) is 26.8 Å². The zero-order chi connectivity index (χ0) is 28.1. The fourth-order valence-electron chi connectivity index (χ4n) is 5.10. The number of hydrogen-bond acceptors (Lipinski definition) is 11. The van der Waals surface area contributed by atoms with Crippen molar-refractivity contribution in [3.8, 4) is 0 Å². The van der Waals surface area contributed by atoms with E-state index in [-0.39, 0.29) is 38.2 Å². The second-order valence-electron chi connectivity index (χ2n) is 10.9. The number of aliphatic hydroxyl groups excluding tert-OH is 5. The van der Waals surface area contributed by atoms with E-state index in [1.165, 1.54) is 14.2 Å². The Balaban J connectivity index is 2.52. The minimum Gasteiger partial charge on any atom is -0.456 e. The Morgan fingerprint density at radius 3 is 2.30 bits per heavy atom. The molecule has 2 fully saturated rings. The van der Waals surface area contributed by atoms with Gasteiger partial charge in [-0.2, -0.15) is 0 Å². The number of aliphatic hydroxyl groups is 6. The van der Waals surface area contributed by atoms with Crippen molar-refractivity contribution in [3.05, 3.63) is 11.6 Å². The van der Waals surface area contributed by atoms with E-state index in [1.807, 2.05) is 6.92 Å². The fourth-order valence-corrected chi connectivity index (χ4v) is 5.10. The van der Waals surface area contributed by atoms with Crippen molar-refractivity contribution < 1.29 is 54.4 Å². The summed E-state index contributed by atoms with van der Waals surface area (Å²) in [5.41, 5.74) is -0.816. The predicted molar refractivity (Wildman–Crippen MR) is 132 cm³/mol. The molecule has 10 atom stereocenters. The van der Waals surface area contributed by atoms with Gasteiger partial charge >= 0.3 is 5.97 Å². The molecule has 2 aliphatic heterocycles. The van der Waals surface area contributed by atoms with Crippen LogP contribution in [0.5, 0.6) is 0 Å². The molecule has 0 unspecified atom stereocenters. The summed E-state index contributed by atoms with van der Waals surface area (Å²) < 4.78 is 22.4. The first-order valence-corrected chi connectivity index (χ1v) is 12.9. The number of carbonyl (C=O) groups is 1. The molecule has 11 nitrogen and oxygen atoms in total. The lowest BCUT2D eigenvalue weighted by Crippen LogP contribution is -2.68. The summed E-state index contributed by atoms with van der Waals surface area (Å²) in [5, 5.41) is 64.7. The normalized spacial score (nSPS) is 41.0. The number of methoxy groups -OCH3 is 2. The molecule has 2 saturated heterocycles. The van der Waals surface area contributed by atoms with Gasteiger partial charge in [-0.25, -0.2) is 4.79 Å². The summed E-state index contributed by atoms with van der Waals surface area (Å²) in [6.45, 7) is 6.65. The molecule has 0 aromatic carbocycles. The van der Waals surface area contributed by atoms with Crippen LogP contribution in [0, 0.1) is 11.3 Å². The van der Waals surface area contributed by atoms with Gasteiger partial charge in [0.25, 0.3) is 0 Å². The average molecular weight is 535 g/mol. The lowest BCUT2D eigenvalue weighted by molar-refractivity contribution is -0.379. The van der Waals surface area contributed by atoms with Gasteiger partial charge in [0.1, 0.15) is 12.2 Å². The molecule has 2 aliphatic rings. The van der Waals surface area contributed by atoms with E-state index >= 15 is 0 Å². The number of rotatable bonds is 6. The number of esters is 1. The molecule has 2 heterocycles. The number of carbonyl (C=O) groups excluding carboxylic acids is 1. The van der Waals surface area contributed by atoms with Crippen LogP contribution in [0.2, 0.25) is 0 Å². The number of ether oxygens (including phenoxy) is 4. The average Bonchev–Trinajstić information content (AvgIpc) is 2.86.